The Balaban J connectivity index is 1.81. The molecule has 1 saturated heterocycles. The van der Waals surface area contributed by atoms with Crippen molar-refractivity contribution in [3.05, 3.63) is 94.6 Å². The first-order valence-electron chi connectivity index (χ1n) is 13.9. The summed E-state index contributed by atoms with van der Waals surface area (Å²) in [5.41, 5.74) is 3.96. The molecule has 0 aliphatic carbocycles. The van der Waals surface area contributed by atoms with E-state index in [1.165, 1.54) is 0 Å². The van der Waals surface area contributed by atoms with Crippen LogP contribution in [-0.2, 0) is 21.4 Å². The van der Waals surface area contributed by atoms with E-state index in [0.717, 1.165) is 33.9 Å². The number of ether oxygens (including phenoxy) is 2. The molecule has 0 bridgehead atoms. The third kappa shape index (κ3) is 6.24. The van der Waals surface area contributed by atoms with Crippen LogP contribution in [0.4, 0.5) is 5.69 Å². The largest absolute Gasteiger partial charge is 0.507 e. The van der Waals surface area contributed by atoms with E-state index in [-0.39, 0.29) is 16.7 Å². The molecular weight excluding hydrogens is 516 g/mol. The van der Waals surface area contributed by atoms with E-state index in [1.54, 1.807) is 18.1 Å². The predicted molar refractivity (Wildman–Crippen MR) is 163 cm³/mol. The summed E-state index contributed by atoms with van der Waals surface area (Å²) in [5, 5.41) is 11.7. The van der Waals surface area contributed by atoms with Gasteiger partial charge in [0.2, 0.25) is 0 Å². The van der Waals surface area contributed by atoms with Crippen LogP contribution in [0, 0.1) is 0 Å². The van der Waals surface area contributed by atoms with Crippen LogP contribution in [0.1, 0.15) is 56.0 Å². The number of benzene rings is 3. The zero-order valence-electron chi connectivity index (χ0n) is 25.0. The fraction of sp³-hybridized carbons (Fsp3) is 0.353. The minimum absolute atomic E-state index is 0.0892. The number of carbonyl (C=O) groups excluding carboxylic acids is 2. The normalized spacial score (nSPS) is 16.7. The first kappa shape index (κ1) is 29.7. The van der Waals surface area contributed by atoms with Crippen LogP contribution in [0.25, 0.3) is 5.76 Å². The molecule has 1 N–H and O–H groups in total. The van der Waals surface area contributed by atoms with E-state index in [0.29, 0.717) is 25.1 Å². The number of likely N-dealkylation sites (tertiary alicyclic amines) is 1. The second-order valence-electron chi connectivity index (χ2n) is 11.5. The number of anilines is 1. The number of aliphatic hydroxyl groups is 1. The maximum atomic E-state index is 13.6. The molecule has 7 nitrogen and oxygen atoms in total. The fourth-order valence-electron chi connectivity index (χ4n) is 5.15. The Morgan fingerprint density at radius 2 is 1.63 bits per heavy atom. The molecule has 0 aromatic heterocycles. The first-order valence-corrected chi connectivity index (χ1v) is 13.9. The lowest BCUT2D eigenvalue weighted by atomic mass is 9.84. The second-order valence-corrected chi connectivity index (χ2v) is 11.5. The summed E-state index contributed by atoms with van der Waals surface area (Å²) in [6.45, 7) is 8.95. The van der Waals surface area contributed by atoms with Crippen molar-refractivity contribution in [1.82, 2.24) is 4.90 Å². The van der Waals surface area contributed by atoms with Gasteiger partial charge in [-0.3, -0.25) is 9.59 Å². The molecule has 1 aliphatic heterocycles. The van der Waals surface area contributed by atoms with Crippen LogP contribution in [0.5, 0.6) is 11.5 Å². The van der Waals surface area contributed by atoms with Gasteiger partial charge >= 0.3 is 0 Å². The summed E-state index contributed by atoms with van der Waals surface area (Å²) in [4.78, 5) is 30.6. The van der Waals surface area contributed by atoms with Gasteiger partial charge in [-0.2, -0.15) is 0 Å². The van der Waals surface area contributed by atoms with E-state index in [9.17, 15) is 14.7 Å². The summed E-state index contributed by atoms with van der Waals surface area (Å²) in [6.07, 6.45) is 0.542. The van der Waals surface area contributed by atoms with Gasteiger partial charge in [0.05, 0.1) is 25.3 Å². The number of rotatable bonds is 9. The Morgan fingerprint density at radius 3 is 2.20 bits per heavy atom. The van der Waals surface area contributed by atoms with Crippen LogP contribution in [0.2, 0.25) is 0 Å². The minimum atomic E-state index is -0.728. The van der Waals surface area contributed by atoms with Crippen molar-refractivity contribution in [1.29, 1.82) is 0 Å². The Morgan fingerprint density at radius 1 is 0.976 bits per heavy atom. The van der Waals surface area contributed by atoms with E-state index in [4.69, 9.17) is 9.47 Å². The number of amides is 1. The van der Waals surface area contributed by atoms with E-state index >= 15 is 0 Å². The van der Waals surface area contributed by atoms with Gasteiger partial charge in [0.25, 0.3) is 11.7 Å². The summed E-state index contributed by atoms with van der Waals surface area (Å²) < 4.78 is 11.1. The van der Waals surface area contributed by atoms with Crippen LogP contribution in [-0.4, -0.2) is 56.1 Å². The minimum Gasteiger partial charge on any atom is -0.507 e. The highest BCUT2D eigenvalue weighted by Crippen LogP contribution is 2.41. The lowest BCUT2D eigenvalue weighted by Gasteiger charge is -2.26. The van der Waals surface area contributed by atoms with Crippen molar-refractivity contribution < 1.29 is 24.2 Å². The first-order chi connectivity index (χ1) is 19.5. The number of carbonyl (C=O) groups is 2. The van der Waals surface area contributed by atoms with Crippen LogP contribution in [0.3, 0.4) is 0 Å². The van der Waals surface area contributed by atoms with Gasteiger partial charge in [0, 0.05) is 37.5 Å². The summed E-state index contributed by atoms with van der Waals surface area (Å²) in [5.74, 6) is -0.0214. The lowest BCUT2D eigenvalue weighted by molar-refractivity contribution is -0.139. The van der Waals surface area contributed by atoms with Gasteiger partial charge in [-0.05, 0) is 72.4 Å². The molecule has 7 heteroatoms. The van der Waals surface area contributed by atoms with Gasteiger partial charge in [0.15, 0.2) is 0 Å². The number of methoxy groups -OCH3 is 1. The molecule has 1 atom stereocenters. The molecule has 1 fully saturated rings. The average Bonchev–Trinajstić information content (AvgIpc) is 3.20. The van der Waals surface area contributed by atoms with E-state index in [2.05, 4.69) is 20.8 Å². The van der Waals surface area contributed by atoms with Crippen molar-refractivity contribution >= 4 is 23.1 Å². The van der Waals surface area contributed by atoms with Crippen molar-refractivity contribution in [2.45, 2.75) is 45.6 Å². The highest BCUT2D eigenvalue weighted by Gasteiger charge is 2.46. The molecule has 1 amide bonds. The maximum absolute atomic E-state index is 13.6. The molecule has 1 unspecified atom stereocenters. The van der Waals surface area contributed by atoms with Crippen molar-refractivity contribution in [3.8, 4) is 11.5 Å². The smallest absolute Gasteiger partial charge is 0.295 e. The van der Waals surface area contributed by atoms with Gasteiger partial charge < -0.3 is 24.4 Å². The molecule has 216 valence electrons. The van der Waals surface area contributed by atoms with Crippen LogP contribution < -0.4 is 14.4 Å². The zero-order valence-corrected chi connectivity index (χ0v) is 25.0. The molecule has 0 spiro atoms. The Labute approximate surface area is 243 Å². The highest BCUT2D eigenvalue weighted by atomic mass is 16.5. The molecule has 41 heavy (non-hydrogen) atoms. The summed E-state index contributed by atoms with van der Waals surface area (Å²) >= 11 is 0. The molecule has 1 heterocycles. The van der Waals surface area contributed by atoms with Gasteiger partial charge in [0.1, 0.15) is 17.3 Å². The summed E-state index contributed by atoms with van der Waals surface area (Å²) in [7, 11) is 5.52. The van der Waals surface area contributed by atoms with Gasteiger partial charge in [-0.25, -0.2) is 0 Å². The Hall–Kier alpha value is -4.26. The zero-order chi connectivity index (χ0) is 29.9. The maximum Gasteiger partial charge on any atom is 0.295 e. The molecular formula is C34H40N2O5. The SMILES string of the molecule is CCOc1ccc(/C(O)=C2/C(=O)C(=O)N(CCc3ccc(OC)cc3)C2c2ccc(N(C)C)cc2)cc1C(C)(C)C. The van der Waals surface area contributed by atoms with Crippen molar-refractivity contribution in [2.75, 3.05) is 39.3 Å². The summed E-state index contributed by atoms with van der Waals surface area (Å²) in [6, 6.07) is 20.1. The topological polar surface area (TPSA) is 79.3 Å². The number of nitrogens with zero attached hydrogens (tertiary/aromatic N) is 2. The predicted octanol–water partition coefficient (Wildman–Crippen LogP) is 6.12. The number of ketones is 1. The number of aliphatic hydroxyl groups excluding tert-OH is 1. The number of hydrogen-bond acceptors (Lipinski definition) is 6. The third-order valence-electron chi connectivity index (χ3n) is 7.43. The lowest BCUT2D eigenvalue weighted by Crippen LogP contribution is -2.31. The van der Waals surface area contributed by atoms with Crippen LogP contribution in [0.15, 0.2) is 72.3 Å². The quantitative estimate of drug-likeness (QED) is 0.194. The number of Topliss-reactive ketones (excluding diaryl/α,β-unsaturated/α-hetero) is 1. The van der Waals surface area contributed by atoms with Crippen LogP contribution >= 0.6 is 0 Å². The molecule has 3 aromatic carbocycles. The van der Waals surface area contributed by atoms with Crippen molar-refractivity contribution in [3.63, 3.8) is 0 Å². The van der Waals surface area contributed by atoms with Crippen molar-refractivity contribution in [2.24, 2.45) is 0 Å². The fourth-order valence-corrected chi connectivity index (χ4v) is 5.15. The van der Waals surface area contributed by atoms with E-state index < -0.39 is 17.7 Å². The molecule has 0 radical (unpaired) electrons. The molecule has 3 aromatic rings. The van der Waals surface area contributed by atoms with E-state index in [1.807, 2.05) is 86.6 Å². The molecule has 4 rings (SSSR count). The average molecular weight is 557 g/mol. The number of hydrogen-bond donors (Lipinski definition) is 1. The van der Waals surface area contributed by atoms with Gasteiger partial charge in [-0.1, -0.05) is 45.0 Å². The molecule has 1 aliphatic rings. The Kier molecular flexibility index (Phi) is 8.76. The Bertz CT molecular complexity index is 1430. The third-order valence-corrected chi connectivity index (χ3v) is 7.43. The monoisotopic (exact) mass is 556 g/mol. The second kappa shape index (κ2) is 12.1. The highest BCUT2D eigenvalue weighted by molar-refractivity contribution is 6.46. The molecule has 0 saturated carbocycles. The van der Waals surface area contributed by atoms with Gasteiger partial charge in [-0.15, -0.1) is 0 Å². The standard InChI is InChI=1S/C34H40N2O5/c1-8-41-28-18-13-24(21-27(28)34(2,3)4)31(37)29-30(23-11-14-25(15-12-23)35(5)6)36(33(39)32(29)38)20-19-22-9-16-26(40-7)17-10-22/h9-18,21,30,37H,8,19-20H2,1-7H3/b31-29-.